The van der Waals surface area contributed by atoms with Gasteiger partial charge in [-0.05, 0) is 199 Å². The van der Waals surface area contributed by atoms with Crippen LogP contribution in [-0.2, 0) is 0 Å². The third kappa shape index (κ3) is 10.1. The van der Waals surface area contributed by atoms with Crippen LogP contribution in [0.15, 0.2) is 23.3 Å². The Hall–Kier alpha value is -0.520. The van der Waals surface area contributed by atoms with E-state index in [2.05, 4.69) is 12.2 Å². The first kappa shape index (κ1) is 38.4. The smallest absolute Gasteiger partial charge is 0.0200 e. The average Bonchev–Trinajstić information content (AvgIpc) is 3.24. The van der Waals surface area contributed by atoms with Crippen LogP contribution in [0, 0.1) is 71.0 Å². The van der Waals surface area contributed by atoms with Gasteiger partial charge >= 0.3 is 0 Å². The minimum atomic E-state index is 0.912. The topological polar surface area (TPSA) is 0 Å². The van der Waals surface area contributed by atoms with E-state index in [0.29, 0.717) is 0 Å². The number of rotatable bonds is 9. The maximum absolute atomic E-state index is 2.99. The lowest BCUT2D eigenvalue weighted by atomic mass is 9.65. The summed E-state index contributed by atoms with van der Waals surface area (Å²) in [6, 6.07) is 0. The Balaban J connectivity index is 0.831. The van der Waals surface area contributed by atoms with E-state index in [0.717, 1.165) is 71.0 Å². The van der Waals surface area contributed by atoms with E-state index >= 15 is 0 Å². The minimum absolute atomic E-state index is 0.912. The molecule has 294 valence electrons. The summed E-state index contributed by atoms with van der Waals surface area (Å²) < 4.78 is 0. The van der Waals surface area contributed by atoms with E-state index in [1.165, 1.54) is 128 Å². The van der Waals surface area contributed by atoms with Crippen molar-refractivity contribution >= 4 is 0 Å². The Kier molecular flexibility index (Phi) is 14.4. The molecule has 0 heteroatoms. The summed E-state index contributed by atoms with van der Waals surface area (Å²) in [5, 5.41) is 0. The van der Waals surface area contributed by atoms with Crippen molar-refractivity contribution in [3.05, 3.63) is 23.3 Å². The predicted octanol–water partition coefficient (Wildman–Crippen LogP) is 16.4. The van der Waals surface area contributed by atoms with Crippen LogP contribution < -0.4 is 0 Å². The largest absolute Gasteiger partial charge is 0.0817 e. The molecule has 0 aromatic heterocycles. The second kappa shape index (κ2) is 19.6. The molecule has 0 bridgehead atoms. The SMILES string of the molecule is C(=C(C1CCCCC1)C1CCC(C2CCCCC2)CC1)C1CCC(C2CCC(C=C(C3CCCCC3)C3CCC(C4CCCCC4)CC3)CC2)CC1. The Morgan fingerprint density at radius 3 is 0.750 bits per heavy atom. The zero-order valence-corrected chi connectivity index (χ0v) is 34.5. The quantitative estimate of drug-likeness (QED) is 0.209. The highest BCUT2D eigenvalue weighted by atomic mass is 14.4. The highest BCUT2D eigenvalue weighted by Crippen LogP contribution is 2.49. The van der Waals surface area contributed by atoms with Gasteiger partial charge in [-0.15, -0.1) is 0 Å². The summed E-state index contributed by atoms with van der Waals surface area (Å²) in [5.41, 5.74) is 4.04. The van der Waals surface area contributed by atoms with Crippen molar-refractivity contribution in [2.45, 2.75) is 231 Å². The van der Waals surface area contributed by atoms with Crippen LogP contribution in [0.5, 0.6) is 0 Å². The van der Waals surface area contributed by atoms with Gasteiger partial charge in [-0.1, -0.05) is 126 Å². The van der Waals surface area contributed by atoms with Gasteiger partial charge in [0.15, 0.2) is 0 Å². The van der Waals surface area contributed by atoms with Gasteiger partial charge in [0.1, 0.15) is 0 Å². The number of hydrogen-bond acceptors (Lipinski definition) is 0. The normalized spacial score (nSPS) is 39.4. The van der Waals surface area contributed by atoms with Crippen molar-refractivity contribution in [3.8, 4) is 0 Å². The van der Waals surface area contributed by atoms with Crippen molar-refractivity contribution in [2.24, 2.45) is 71.0 Å². The highest BCUT2D eigenvalue weighted by Gasteiger charge is 2.36. The molecule has 8 rings (SSSR count). The molecule has 0 atom stereocenters. The fourth-order valence-electron chi connectivity index (χ4n) is 15.3. The fourth-order valence-corrected chi connectivity index (χ4v) is 15.3. The van der Waals surface area contributed by atoms with Crippen LogP contribution >= 0.6 is 0 Å². The summed E-state index contributed by atoms with van der Waals surface area (Å²) in [5.74, 6) is 12.1. The molecule has 0 spiro atoms. The standard InChI is InChI=1S/C52H86/c1-5-13-41(14-6-1)45-29-33-49(34-30-45)51(47-17-9-3-10-18-47)37-39-21-25-43(26-22-39)44-27-23-40(24-28-44)38-52(48-19-11-4-12-20-48)50-35-31-46(32-36-50)42-15-7-2-8-16-42/h37-50H,1-36H2. The Morgan fingerprint density at radius 2 is 0.442 bits per heavy atom. The molecule has 0 saturated heterocycles. The van der Waals surface area contributed by atoms with E-state index in [1.807, 2.05) is 11.1 Å². The molecule has 0 aromatic rings. The first-order valence-electron chi connectivity index (χ1n) is 25.2. The Labute approximate surface area is 324 Å². The molecule has 0 unspecified atom stereocenters. The molecule has 8 fully saturated rings. The van der Waals surface area contributed by atoms with Crippen LogP contribution in [-0.4, -0.2) is 0 Å². The summed E-state index contributed by atoms with van der Waals surface area (Å²) in [6.07, 6.45) is 61.2. The van der Waals surface area contributed by atoms with Crippen molar-refractivity contribution < 1.29 is 0 Å². The van der Waals surface area contributed by atoms with Gasteiger partial charge < -0.3 is 0 Å². The minimum Gasteiger partial charge on any atom is -0.0817 e. The zero-order chi connectivity index (χ0) is 35.0. The average molecular weight is 711 g/mol. The van der Waals surface area contributed by atoms with Crippen molar-refractivity contribution in [1.29, 1.82) is 0 Å². The second-order valence-corrected chi connectivity index (χ2v) is 21.4. The molecule has 8 aliphatic carbocycles. The highest BCUT2D eigenvalue weighted by molar-refractivity contribution is 5.17. The maximum Gasteiger partial charge on any atom is -0.0200 e. The summed E-state index contributed by atoms with van der Waals surface area (Å²) in [4.78, 5) is 0. The Bertz CT molecular complexity index is 981. The van der Waals surface area contributed by atoms with E-state index in [-0.39, 0.29) is 0 Å². The Morgan fingerprint density at radius 1 is 0.212 bits per heavy atom. The van der Waals surface area contributed by atoms with Crippen LogP contribution in [0.2, 0.25) is 0 Å². The molecule has 0 N–H and O–H groups in total. The van der Waals surface area contributed by atoms with Gasteiger partial charge in [0.25, 0.3) is 0 Å². The zero-order valence-electron chi connectivity index (χ0n) is 34.5. The van der Waals surface area contributed by atoms with Crippen molar-refractivity contribution in [2.75, 3.05) is 0 Å². The third-order valence-electron chi connectivity index (χ3n) is 18.4. The lowest BCUT2D eigenvalue weighted by Crippen LogP contribution is -2.28. The second-order valence-electron chi connectivity index (χ2n) is 21.4. The van der Waals surface area contributed by atoms with E-state index in [1.54, 1.807) is 103 Å². The van der Waals surface area contributed by atoms with Crippen LogP contribution in [0.4, 0.5) is 0 Å². The molecule has 0 radical (unpaired) electrons. The first-order valence-corrected chi connectivity index (χ1v) is 25.2. The lowest BCUT2D eigenvalue weighted by Gasteiger charge is -2.41. The van der Waals surface area contributed by atoms with Gasteiger partial charge in [-0.25, -0.2) is 0 Å². The molecule has 0 amide bonds. The predicted molar refractivity (Wildman–Crippen MR) is 224 cm³/mol. The molecule has 0 aliphatic heterocycles. The van der Waals surface area contributed by atoms with Crippen molar-refractivity contribution in [1.82, 2.24) is 0 Å². The molecule has 0 aromatic carbocycles. The molecular formula is C52H86. The monoisotopic (exact) mass is 711 g/mol. The molecule has 8 saturated carbocycles. The summed E-state index contributed by atoms with van der Waals surface area (Å²) in [6.45, 7) is 0. The third-order valence-corrected chi connectivity index (χ3v) is 18.4. The van der Waals surface area contributed by atoms with E-state index in [4.69, 9.17) is 0 Å². The molecular weight excluding hydrogens is 625 g/mol. The van der Waals surface area contributed by atoms with Gasteiger partial charge in [0.05, 0.1) is 0 Å². The number of allylic oxidation sites excluding steroid dienone is 4. The first-order chi connectivity index (χ1) is 25.8. The van der Waals surface area contributed by atoms with E-state index < -0.39 is 0 Å². The lowest BCUT2D eigenvalue weighted by molar-refractivity contribution is 0.160. The molecule has 0 heterocycles. The van der Waals surface area contributed by atoms with Crippen LogP contribution in [0.1, 0.15) is 231 Å². The van der Waals surface area contributed by atoms with Gasteiger partial charge in [0.2, 0.25) is 0 Å². The van der Waals surface area contributed by atoms with Crippen LogP contribution in [0.25, 0.3) is 0 Å². The van der Waals surface area contributed by atoms with Gasteiger partial charge in [-0.3, -0.25) is 0 Å². The van der Waals surface area contributed by atoms with Gasteiger partial charge in [0, 0.05) is 0 Å². The van der Waals surface area contributed by atoms with Crippen LogP contribution in [0.3, 0.4) is 0 Å². The molecule has 8 aliphatic rings. The van der Waals surface area contributed by atoms with Gasteiger partial charge in [-0.2, -0.15) is 0 Å². The molecule has 52 heavy (non-hydrogen) atoms. The summed E-state index contributed by atoms with van der Waals surface area (Å²) >= 11 is 0. The summed E-state index contributed by atoms with van der Waals surface area (Å²) in [7, 11) is 0. The molecule has 0 nitrogen and oxygen atoms in total. The van der Waals surface area contributed by atoms with Crippen molar-refractivity contribution in [3.63, 3.8) is 0 Å². The van der Waals surface area contributed by atoms with E-state index in [9.17, 15) is 0 Å². The maximum atomic E-state index is 2.99. The number of hydrogen-bond donors (Lipinski definition) is 0. The fraction of sp³-hybridized carbons (Fsp3) is 0.923.